The highest BCUT2D eigenvalue weighted by molar-refractivity contribution is 6.31. The molecule has 2 amide bonds. The van der Waals surface area contributed by atoms with Crippen LogP contribution in [0.1, 0.15) is 22.8 Å². The number of halogens is 1. The molecule has 28 heavy (non-hydrogen) atoms. The topological polar surface area (TPSA) is 59.1 Å². The van der Waals surface area contributed by atoms with Crippen LogP contribution in [0.4, 0.5) is 4.79 Å². The summed E-state index contributed by atoms with van der Waals surface area (Å²) in [5.74, 6) is 0.530. The lowest BCUT2D eigenvalue weighted by molar-refractivity contribution is 0.0570. The summed E-state index contributed by atoms with van der Waals surface area (Å²) in [6.07, 6.45) is -0.329. The van der Waals surface area contributed by atoms with Gasteiger partial charge in [0.25, 0.3) is 5.91 Å². The van der Waals surface area contributed by atoms with Crippen molar-refractivity contribution < 1.29 is 19.1 Å². The first kappa shape index (κ1) is 20.0. The number of nitrogens with zero attached hydrogens (tertiary/aromatic N) is 2. The average Bonchev–Trinajstić information content (AvgIpc) is 2.73. The van der Waals surface area contributed by atoms with Crippen molar-refractivity contribution in [3.8, 4) is 5.75 Å². The third kappa shape index (κ3) is 4.95. The minimum atomic E-state index is -0.329. The van der Waals surface area contributed by atoms with Gasteiger partial charge in [-0.05, 0) is 31.2 Å². The van der Waals surface area contributed by atoms with Crippen molar-refractivity contribution in [3.05, 3.63) is 64.7 Å². The van der Waals surface area contributed by atoms with E-state index in [1.807, 2.05) is 30.3 Å². The highest BCUT2D eigenvalue weighted by atomic mass is 35.5. The molecule has 3 rings (SSSR count). The quantitative estimate of drug-likeness (QED) is 0.762. The van der Waals surface area contributed by atoms with E-state index in [1.165, 1.54) is 0 Å². The van der Waals surface area contributed by atoms with Crippen molar-refractivity contribution in [1.82, 2.24) is 9.80 Å². The minimum absolute atomic E-state index is 0.0771. The molecule has 0 aromatic heterocycles. The number of piperazine rings is 1. The molecule has 1 aliphatic heterocycles. The Balaban J connectivity index is 1.58. The molecule has 0 N–H and O–H groups in total. The van der Waals surface area contributed by atoms with Crippen LogP contribution in [0.5, 0.6) is 5.75 Å². The molecule has 0 saturated carbocycles. The number of hydrogen-bond acceptors (Lipinski definition) is 4. The van der Waals surface area contributed by atoms with Crippen molar-refractivity contribution in [2.75, 3.05) is 32.8 Å². The summed E-state index contributed by atoms with van der Waals surface area (Å²) in [5.41, 5.74) is 1.44. The zero-order valence-corrected chi connectivity index (χ0v) is 16.5. The molecular weight excluding hydrogens is 380 g/mol. The lowest BCUT2D eigenvalue weighted by atomic mass is 10.1. The number of ether oxygens (including phenoxy) is 2. The van der Waals surface area contributed by atoms with Crippen molar-refractivity contribution in [2.45, 2.75) is 13.5 Å². The smallest absolute Gasteiger partial charge is 0.409 e. The van der Waals surface area contributed by atoms with E-state index in [4.69, 9.17) is 21.1 Å². The van der Waals surface area contributed by atoms with Gasteiger partial charge in [0.2, 0.25) is 0 Å². The van der Waals surface area contributed by atoms with Crippen molar-refractivity contribution >= 4 is 23.6 Å². The summed E-state index contributed by atoms with van der Waals surface area (Å²) in [6.45, 7) is 4.33. The summed E-state index contributed by atoms with van der Waals surface area (Å²) < 4.78 is 10.8. The maximum Gasteiger partial charge on any atom is 0.409 e. The summed E-state index contributed by atoms with van der Waals surface area (Å²) in [4.78, 5) is 27.9. The second kappa shape index (κ2) is 9.46. The maximum absolute atomic E-state index is 12.8. The first-order valence-electron chi connectivity index (χ1n) is 9.25. The molecule has 2 aromatic carbocycles. The molecule has 0 bridgehead atoms. The van der Waals surface area contributed by atoms with Crippen LogP contribution in [0, 0.1) is 0 Å². The molecule has 0 spiro atoms. The Morgan fingerprint density at radius 1 is 1.00 bits per heavy atom. The molecule has 2 aromatic rings. The Morgan fingerprint density at radius 3 is 2.43 bits per heavy atom. The highest BCUT2D eigenvalue weighted by Crippen LogP contribution is 2.20. The van der Waals surface area contributed by atoms with Gasteiger partial charge >= 0.3 is 6.09 Å². The van der Waals surface area contributed by atoms with Crippen LogP contribution in [0.25, 0.3) is 0 Å². The predicted molar refractivity (Wildman–Crippen MR) is 107 cm³/mol. The molecule has 1 aliphatic rings. The number of hydrogen-bond donors (Lipinski definition) is 0. The molecular formula is C21H23ClN2O4. The van der Waals surface area contributed by atoms with E-state index < -0.39 is 0 Å². The van der Waals surface area contributed by atoms with Crippen LogP contribution in [0.3, 0.4) is 0 Å². The SMILES string of the molecule is CCOC(=O)N1CCN(C(=O)c2cccc(OCc3ccccc3Cl)c2)CC1. The first-order valence-corrected chi connectivity index (χ1v) is 9.63. The van der Waals surface area contributed by atoms with E-state index in [9.17, 15) is 9.59 Å². The Kier molecular flexibility index (Phi) is 6.76. The number of rotatable bonds is 5. The van der Waals surface area contributed by atoms with E-state index >= 15 is 0 Å². The number of carbonyl (C=O) groups is 2. The Labute approximate surface area is 169 Å². The molecule has 0 radical (unpaired) electrons. The summed E-state index contributed by atoms with van der Waals surface area (Å²) in [7, 11) is 0. The number of benzene rings is 2. The summed E-state index contributed by atoms with van der Waals surface area (Å²) >= 11 is 6.15. The average molecular weight is 403 g/mol. The fourth-order valence-electron chi connectivity index (χ4n) is 2.98. The highest BCUT2D eigenvalue weighted by Gasteiger charge is 2.25. The first-order chi connectivity index (χ1) is 13.6. The Bertz CT molecular complexity index is 835. The van der Waals surface area contributed by atoms with Crippen LogP contribution in [0.2, 0.25) is 5.02 Å². The molecule has 1 saturated heterocycles. The lowest BCUT2D eigenvalue weighted by Crippen LogP contribution is -2.50. The van der Waals surface area contributed by atoms with E-state index in [-0.39, 0.29) is 12.0 Å². The molecule has 6 nitrogen and oxygen atoms in total. The zero-order valence-electron chi connectivity index (χ0n) is 15.8. The fraction of sp³-hybridized carbons (Fsp3) is 0.333. The lowest BCUT2D eigenvalue weighted by Gasteiger charge is -2.34. The molecule has 0 atom stereocenters. The normalized spacial score (nSPS) is 13.9. The van der Waals surface area contributed by atoms with Gasteiger partial charge in [0.15, 0.2) is 0 Å². The van der Waals surface area contributed by atoms with Gasteiger partial charge in [-0.15, -0.1) is 0 Å². The van der Waals surface area contributed by atoms with Gasteiger partial charge < -0.3 is 19.3 Å². The molecule has 7 heteroatoms. The van der Waals surface area contributed by atoms with Crippen LogP contribution in [0.15, 0.2) is 48.5 Å². The molecule has 0 unspecified atom stereocenters. The second-order valence-electron chi connectivity index (χ2n) is 6.39. The van der Waals surface area contributed by atoms with Gasteiger partial charge in [0.1, 0.15) is 12.4 Å². The third-order valence-corrected chi connectivity index (χ3v) is 4.89. The van der Waals surface area contributed by atoms with Gasteiger partial charge in [-0.25, -0.2) is 4.79 Å². The molecule has 1 fully saturated rings. The number of carbonyl (C=O) groups excluding carboxylic acids is 2. The fourth-order valence-corrected chi connectivity index (χ4v) is 3.18. The number of amides is 2. The van der Waals surface area contributed by atoms with E-state index in [1.54, 1.807) is 34.9 Å². The standard InChI is InChI=1S/C21H23ClN2O4/c1-2-27-21(26)24-12-10-23(11-13-24)20(25)16-7-5-8-18(14-16)28-15-17-6-3-4-9-19(17)22/h3-9,14H,2,10-13,15H2,1H3. The zero-order chi connectivity index (χ0) is 19.9. The second-order valence-corrected chi connectivity index (χ2v) is 6.79. The predicted octanol–water partition coefficient (Wildman–Crippen LogP) is 3.83. The van der Waals surface area contributed by atoms with Gasteiger partial charge in [-0.2, -0.15) is 0 Å². The van der Waals surface area contributed by atoms with Crippen molar-refractivity contribution in [2.24, 2.45) is 0 Å². The molecule has 0 aliphatic carbocycles. The summed E-state index contributed by atoms with van der Waals surface area (Å²) in [5, 5.41) is 0.647. The van der Waals surface area contributed by atoms with Crippen LogP contribution in [-0.2, 0) is 11.3 Å². The van der Waals surface area contributed by atoms with E-state index in [0.717, 1.165) is 5.56 Å². The molecule has 148 valence electrons. The largest absolute Gasteiger partial charge is 0.489 e. The monoisotopic (exact) mass is 402 g/mol. The van der Waals surface area contributed by atoms with Crippen molar-refractivity contribution in [3.63, 3.8) is 0 Å². The van der Waals surface area contributed by atoms with Crippen LogP contribution < -0.4 is 4.74 Å². The maximum atomic E-state index is 12.8. The van der Waals surface area contributed by atoms with Crippen LogP contribution in [-0.4, -0.2) is 54.6 Å². The Hall–Kier alpha value is -2.73. The van der Waals surface area contributed by atoms with Crippen LogP contribution >= 0.6 is 11.6 Å². The van der Waals surface area contributed by atoms with E-state index in [0.29, 0.717) is 55.7 Å². The van der Waals surface area contributed by atoms with E-state index in [2.05, 4.69) is 0 Å². The Morgan fingerprint density at radius 2 is 1.71 bits per heavy atom. The third-order valence-electron chi connectivity index (χ3n) is 4.53. The van der Waals surface area contributed by atoms with Gasteiger partial charge in [0, 0.05) is 42.3 Å². The summed E-state index contributed by atoms with van der Waals surface area (Å²) in [6, 6.07) is 14.6. The van der Waals surface area contributed by atoms with Gasteiger partial charge in [0.05, 0.1) is 6.61 Å². The van der Waals surface area contributed by atoms with Crippen molar-refractivity contribution in [1.29, 1.82) is 0 Å². The minimum Gasteiger partial charge on any atom is -0.489 e. The molecule has 1 heterocycles. The van der Waals surface area contributed by atoms with Gasteiger partial charge in [-0.3, -0.25) is 4.79 Å². The van der Waals surface area contributed by atoms with Gasteiger partial charge in [-0.1, -0.05) is 35.9 Å².